The lowest BCUT2D eigenvalue weighted by Crippen LogP contribution is -2.17. The second kappa shape index (κ2) is 16.8. The predicted octanol–water partition coefficient (Wildman–Crippen LogP) is 5.36. The smallest absolute Gasteiger partial charge is 0.306 e. The molecule has 0 aromatic heterocycles. The highest BCUT2D eigenvalue weighted by Crippen LogP contribution is 2.14. The van der Waals surface area contributed by atoms with Crippen LogP contribution in [0.1, 0.15) is 104 Å². The van der Waals surface area contributed by atoms with Crippen LogP contribution in [0, 0.1) is 0 Å². The first kappa shape index (κ1) is 21.4. The summed E-state index contributed by atoms with van der Waals surface area (Å²) in [5, 5.41) is 0. The molecule has 0 saturated carbocycles. The van der Waals surface area contributed by atoms with Crippen LogP contribution in [0.2, 0.25) is 0 Å². The maximum absolute atomic E-state index is 11.8. The zero-order chi connectivity index (χ0) is 16.5. The van der Waals surface area contributed by atoms with Gasteiger partial charge in [-0.2, -0.15) is 0 Å². The van der Waals surface area contributed by atoms with Crippen LogP contribution in [0.15, 0.2) is 0 Å². The molecule has 1 unspecified atom stereocenters. The van der Waals surface area contributed by atoms with Crippen molar-refractivity contribution in [3.8, 4) is 0 Å². The molecular formula is C19H39NO2. The van der Waals surface area contributed by atoms with E-state index < -0.39 is 0 Å². The average molecular weight is 314 g/mol. The molecule has 0 aliphatic rings. The highest BCUT2D eigenvalue weighted by molar-refractivity contribution is 5.69. The topological polar surface area (TPSA) is 52.3 Å². The molecule has 0 spiro atoms. The van der Waals surface area contributed by atoms with Crippen LogP contribution in [0.5, 0.6) is 0 Å². The standard InChI is InChI=1S/C19H39NO2/c1-3-5-6-7-9-12-15-18(4-2)22-19(21)16-13-10-8-11-14-17-20/h18H,3-17,20H2,1-2H3. The minimum atomic E-state index is -0.00309. The molecule has 0 fully saturated rings. The van der Waals surface area contributed by atoms with E-state index in [9.17, 15) is 4.79 Å². The first-order valence-corrected chi connectivity index (χ1v) is 9.64. The Hall–Kier alpha value is -0.570. The first-order valence-electron chi connectivity index (χ1n) is 9.64. The summed E-state index contributed by atoms with van der Waals surface area (Å²) in [5.74, 6) is -0.00309. The molecule has 22 heavy (non-hydrogen) atoms. The number of carbonyl (C=O) groups excluding carboxylic acids is 1. The Labute approximate surface area is 138 Å². The van der Waals surface area contributed by atoms with Crippen LogP contribution >= 0.6 is 0 Å². The van der Waals surface area contributed by atoms with Gasteiger partial charge in [0.25, 0.3) is 0 Å². The van der Waals surface area contributed by atoms with Gasteiger partial charge in [0.1, 0.15) is 6.10 Å². The van der Waals surface area contributed by atoms with E-state index in [0.717, 1.165) is 38.6 Å². The summed E-state index contributed by atoms with van der Waals surface area (Å²) in [4.78, 5) is 11.8. The van der Waals surface area contributed by atoms with Crippen LogP contribution in [0.3, 0.4) is 0 Å². The van der Waals surface area contributed by atoms with Gasteiger partial charge in [0.05, 0.1) is 0 Å². The van der Waals surface area contributed by atoms with E-state index in [1.165, 1.54) is 51.4 Å². The summed E-state index contributed by atoms with van der Waals surface area (Å²) >= 11 is 0. The quantitative estimate of drug-likeness (QED) is 0.308. The normalized spacial score (nSPS) is 12.3. The second-order valence-corrected chi connectivity index (χ2v) is 6.38. The Balaban J connectivity index is 3.54. The molecule has 0 amide bonds. The third-order valence-electron chi connectivity index (χ3n) is 4.22. The molecule has 3 nitrogen and oxygen atoms in total. The van der Waals surface area contributed by atoms with Gasteiger partial charge in [-0.3, -0.25) is 4.79 Å². The lowest BCUT2D eigenvalue weighted by Gasteiger charge is -2.16. The fourth-order valence-corrected chi connectivity index (χ4v) is 2.69. The van der Waals surface area contributed by atoms with Gasteiger partial charge in [0.2, 0.25) is 0 Å². The average Bonchev–Trinajstić information content (AvgIpc) is 2.52. The van der Waals surface area contributed by atoms with Gasteiger partial charge in [0, 0.05) is 6.42 Å². The van der Waals surface area contributed by atoms with E-state index in [-0.39, 0.29) is 12.1 Å². The van der Waals surface area contributed by atoms with Crippen molar-refractivity contribution >= 4 is 5.97 Å². The molecule has 0 radical (unpaired) electrons. The van der Waals surface area contributed by atoms with Gasteiger partial charge in [-0.1, -0.05) is 65.2 Å². The number of hydrogen-bond donors (Lipinski definition) is 1. The third-order valence-corrected chi connectivity index (χ3v) is 4.22. The zero-order valence-corrected chi connectivity index (χ0v) is 15.1. The van der Waals surface area contributed by atoms with E-state index in [1.807, 2.05) is 0 Å². The fraction of sp³-hybridized carbons (Fsp3) is 0.947. The lowest BCUT2D eigenvalue weighted by molar-refractivity contribution is -0.149. The van der Waals surface area contributed by atoms with Gasteiger partial charge in [0.15, 0.2) is 0 Å². The Morgan fingerprint density at radius 1 is 0.864 bits per heavy atom. The molecule has 0 heterocycles. The number of ether oxygens (including phenoxy) is 1. The summed E-state index contributed by atoms with van der Waals surface area (Å²) in [5.41, 5.74) is 5.46. The Bertz CT molecular complexity index is 244. The molecule has 3 heteroatoms. The predicted molar refractivity (Wildman–Crippen MR) is 94.9 cm³/mol. The van der Waals surface area contributed by atoms with Crippen LogP contribution in [0.25, 0.3) is 0 Å². The SMILES string of the molecule is CCCCCCCCC(CC)OC(=O)CCCCCCCN. The van der Waals surface area contributed by atoms with Crippen LogP contribution in [-0.4, -0.2) is 18.6 Å². The summed E-state index contributed by atoms with van der Waals surface area (Å²) < 4.78 is 5.60. The molecular weight excluding hydrogens is 274 g/mol. The summed E-state index contributed by atoms with van der Waals surface area (Å²) in [6.07, 6.45) is 16.0. The maximum atomic E-state index is 11.8. The summed E-state index contributed by atoms with van der Waals surface area (Å²) in [7, 11) is 0. The number of hydrogen-bond acceptors (Lipinski definition) is 3. The minimum Gasteiger partial charge on any atom is -0.462 e. The fourth-order valence-electron chi connectivity index (χ4n) is 2.69. The van der Waals surface area contributed by atoms with E-state index in [2.05, 4.69) is 13.8 Å². The molecule has 0 aliphatic heterocycles. The molecule has 0 aromatic carbocycles. The number of carbonyl (C=O) groups is 1. The molecule has 0 aliphatic carbocycles. The van der Waals surface area contributed by atoms with Crippen LogP contribution in [-0.2, 0) is 9.53 Å². The molecule has 0 aromatic rings. The van der Waals surface area contributed by atoms with Crippen LogP contribution < -0.4 is 5.73 Å². The van der Waals surface area contributed by atoms with E-state index >= 15 is 0 Å². The Kier molecular flexibility index (Phi) is 16.4. The van der Waals surface area contributed by atoms with Gasteiger partial charge in [-0.15, -0.1) is 0 Å². The van der Waals surface area contributed by atoms with Crippen molar-refractivity contribution in [2.75, 3.05) is 6.54 Å². The Morgan fingerprint density at radius 2 is 1.45 bits per heavy atom. The van der Waals surface area contributed by atoms with Crippen molar-refractivity contribution in [2.24, 2.45) is 5.73 Å². The monoisotopic (exact) mass is 313 g/mol. The highest BCUT2D eigenvalue weighted by Gasteiger charge is 2.11. The minimum absolute atomic E-state index is 0.00309. The number of rotatable bonds is 16. The van der Waals surface area contributed by atoms with Gasteiger partial charge in [-0.25, -0.2) is 0 Å². The van der Waals surface area contributed by atoms with Gasteiger partial charge >= 0.3 is 5.97 Å². The van der Waals surface area contributed by atoms with E-state index in [1.54, 1.807) is 0 Å². The van der Waals surface area contributed by atoms with Crippen molar-refractivity contribution in [2.45, 2.75) is 110 Å². The van der Waals surface area contributed by atoms with Gasteiger partial charge < -0.3 is 10.5 Å². The first-order chi connectivity index (χ1) is 10.7. The van der Waals surface area contributed by atoms with Crippen molar-refractivity contribution in [3.63, 3.8) is 0 Å². The van der Waals surface area contributed by atoms with Gasteiger partial charge in [-0.05, 0) is 38.6 Å². The van der Waals surface area contributed by atoms with Crippen LogP contribution in [0.4, 0.5) is 0 Å². The van der Waals surface area contributed by atoms with E-state index in [0.29, 0.717) is 6.42 Å². The summed E-state index contributed by atoms with van der Waals surface area (Å²) in [6, 6.07) is 0. The molecule has 0 rings (SSSR count). The largest absolute Gasteiger partial charge is 0.462 e. The molecule has 132 valence electrons. The second-order valence-electron chi connectivity index (χ2n) is 6.38. The van der Waals surface area contributed by atoms with Crippen molar-refractivity contribution in [1.29, 1.82) is 0 Å². The van der Waals surface area contributed by atoms with Crippen molar-refractivity contribution < 1.29 is 9.53 Å². The molecule has 0 bridgehead atoms. The maximum Gasteiger partial charge on any atom is 0.306 e. The molecule has 0 saturated heterocycles. The number of esters is 1. The Morgan fingerprint density at radius 3 is 2.09 bits per heavy atom. The van der Waals surface area contributed by atoms with Crippen molar-refractivity contribution in [3.05, 3.63) is 0 Å². The lowest BCUT2D eigenvalue weighted by atomic mass is 10.1. The van der Waals surface area contributed by atoms with E-state index in [4.69, 9.17) is 10.5 Å². The number of nitrogens with two attached hydrogens (primary N) is 1. The zero-order valence-electron chi connectivity index (χ0n) is 15.1. The molecule has 2 N–H and O–H groups in total. The highest BCUT2D eigenvalue weighted by atomic mass is 16.5. The third kappa shape index (κ3) is 14.4. The molecule has 1 atom stereocenters. The number of unbranched alkanes of at least 4 members (excludes halogenated alkanes) is 9. The summed E-state index contributed by atoms with van der Waals surface area (Å²) in [6.45, 7) is 5.13. The van der Waals surface area contributed by atoms with Crippen molar-refractivity contribution in [1.82, 2.24) is 0 Å².